The van der Waals surface area contributed by atoms with Gasteiger partial charge in [0.05, 0.1) is 0 Å². The second kappa shape index (κ2) is 6.67. The van der Waals surface area contributed by atoms with Crippen LogP contribution in [0.3, 0.4) is 0 Å². The molecule has 2 aliphatic heterocycles. The first-order chi connectivity index (χ1) is 10.2. The molecule has 0 spiro atoms. The van der Waals surface area contributed by atoms with Crippen LogP contribution in [-0.4, -0.2) is 32.5 Å². The second-order valence-electron chi connectivity index (χ2n) is 6.03. The fourth-order valence-corrected chi connectivity index (χ4v) is 3.17. The molecule has 21 heavy (non-hydrogen) atoms. The maximum Gasteiger partial charge on any atom is 0.161 e. The number of nitrogens with one attached hydrogen (secondary N) is 1. The van der Waals surface area contributed by atoms with E-state index in [1.165, 1.54) is 5.56 Å². The van der Waals surface area contributed by atoms with Crippen molar-refractivity contribution < 1.29 is 14.2 Å². The minimum Gasteiger partial charge on any atom is -0.486 e. The van der Waals surface area contributed by atoms with Gasteiger partial charge in [-0.15, -0.1) is 0 Å². The maximum absolute atomic E-state index is 5.67. The second-order valence-corrected chi connectivity index (χ2v) is 6.03. The van der Waals surface area contributed by atoms with Crippen molar-refractivity contribution in [3.8, 4) is 11.5 Å². The van der Waals surface area contributed by atoms with E-state index in [1.807, 2.05) is 6.07 Å². The van der Waals surface area contributed by atoms with Crippen LogP contribution in [0, 0.1) is 5.92 Å². The Kier molecular flexibility index (Phi) is 4.66. The van der Waals surface area contributed by atoms with Crippen LogP contribution in [0.1, 0.15) is 38.3 Å². The molecule has 1 fully saturated rings. The molecule has 0 saturated carbocycles. The summed E-state index contributed by atoms with van der Waals surface area (Å²) >= 11 is 0. The van der Waals surface area contributed by atoms with Gasteiger partial charge in [-0.2, -0.15) is 0 Å². The molecule has 1 aromatic rings. The maximum atomic E-state index is 5.67. The summed E-state index contributed by atoms with van der Waals surface area (Å²) in [5, 5.41) is 3.72. The number of ether oxygens (including phenoxy) is 3. The van der Waals surface area contributed by atoms with E-state index in [1.54, 1.807) is 0 Å². The number of benzene rings is 1. The molecule has 4 nitrogen and oxygen atoms in total. The summed E-state index contributed by atoms with van der Waals surface area (Å²) in [6.07, 6.45) is 2.31. The van der Waals surface area contributed by atoms with Crippen LogP contribution in [0.5, 0.6) is 11.5 Å². The minimum atomic E-state index is 0.304. The topological polar surface area (TPSA) is 39.7 Å². The van der Waals surface area contributed by atoms with Gasteiger partial charge in [-0.05, 0) is 50.3 Å². The van der Waals surface area contributed by atoms with Gasteiger partial charge < -0.3 is 19.5 Å². The van der Waals surface area contributed by atoms with Crippen molar-refractivity contribution in [1.82, 2.24) is 5.32 Å². The number of hydrogen-bond acceptors (Lipinski definition) is 4. The molecule has 116 valence electrons. The lowest BCUT2D eigenvalue weighted by Gasteiger charge is -2.31. The molecule has 2 atom stereocenters. The third-order valence-corrected chi connectivity index (χ3v) is 4.55. The lowest BCUT2D eigenvalue weighted by molar-refractivity contribution is 0.0547. The monoisotopic (exact) mass is 291 g/mol. The van der Waals surface area contributed by atoms with Crippen LogP contribution >= 0.6 is 0 Å². The molecule has 0 radical (unpaired) electrons. The van der Waals surface area contributed by atoms with Gasteiger partial charge in [0.25, 0.3) is 0 Å². The van der Waals surface area contributed by atoms with Crippen LogP contribution in [0.2, 0.25) is 0 Å². The van der Waals surface area contributed by atoms with E-state index < -0.39 is 0 Å². The molecule has 2 unspecified atom stereocenters. The lowest BCUT2D eigenvalue weighted by atomic mass is 9.92. The Morgan fingerprint density at radius 2 is 1.71 bits per heavy atom. The Bertz CT molecular complexity index is 471. The van der Waals surface area contributed by atoms with E-state index >= 15 is 0 Å². The molecule has 0 aromatic heterocycles. The molecule has 2 heterocycles. The Labute approximate surface area is 126 Å². The van der Waals surface area contributed by atoms with Gasteiger partial charge in [-0.25, -0.2) is 0 Å². The third-order valence-electron chi connectivity index (χ3n) is 4.55. The van der Waals surface area contributed by atoms with Crippen molar-refractivity contribution in [1.29, 1.82) is 0 Å². The largest absolute Gasteiger partial charge is 0.486 e. The smallest absolute Gasteiger partial charge is 0.161 e. The molecule has 1 aromatic carbocycles. The van der Waals surface area contributed by atoms with Gasteiger partial charge >= 0.3 is 0 Å². The normalized spacial score (nSPS) is 21.8. The summed E-state index contributed by atoms with van der Waals surface area (Å²) in [5.74, 6) is 2.43. The average Bonchev–Trinajstić information content (AvgIpc) is 2.55. The molecular formula is C17H25NO3. The van der Waals surface area contributed by atoms with Crippen molar-refractivity contribution in [3.05, 3.63) is 23.8 Å². The van der Waals surface area contributed by atoms with E-state index in [0.29, 0.717) is 31.2 Å². The molecule has 1 saturated heterocycles. The first kappa shape index (κ1) is 14.7. The zero-order chi connectivity index (χ0) is 14.7. The SMILES string of the molecule is CC(NC(C)C1CCOCC1)c1ccc2c(c1)OCCO2. The fraction of sp³-hybridized carbons (Fsp3) is 0.647. The molecular weight excluding hydrogens is 266 g/mol. The van der Waals surface area contributed by atoms with Crippen molar-refractivity contribution in [3.63, 3.8) is 0 Å². The Morgan fingerprint density at radius 1 is 1.00 bits per heavy atom. The first-order valence-corrected chi connectivity index (χ1v) is 7.97. The van der Waals surface area contributed by atoms with E-state index in [2.05, 4.69) is 31.3 Å². The van der Waals surface area contributed by atoms with Gasteiger partial charge in [0.15, 0.2) is 11.5 Å². The van der Waals surface area contributed by atoms with Crippen molar-refractivity contribution in [2.24, 2.45) is 5.92 Å². The summed E-state index contributed by atoms with van der Waals surface area (Å²) in [6, 6.07) is 7.04. The zero-order valence-electron chi connectivity index (χ0n) is 12.9. The number of rotatable bonds is 4. The first-order valence-electron chi connectivity index (χ1n) is 7.97. The van der Waals surface area contributed by atoms with Crippen LogP contribution in [0.25, 0.3) is 0 Å². The van der Waals surface area contributed by atoms with Crippen molar-refractivity contribution in [2.45, 2.75) is 38.8 Å². The van der Waals surface area contributed by atoms with Gasteiger partial charge in [0, 0.05) is 25.3 Å². The van der Waals surface area contributed by atoms with Crippen LogP contribution in [-0.2, 0) is 4.74 Å². The number of hydrogen-bond donors (Lipinski definition) is 1. The van der Waals surface area contributed by atoms with Crippen LogP contribution < -0.4 is 14.8 Å². The molecule has 0 amide bonds. The van der Waals surface area contributed by atoms with Crippen molar-refractivity contribution >= 4 is 0 Å². The standard InChI is InChI=1S/C17H25NO3/c1-12(14-5-7-19-8-6-14)18-13(2)15-3-4-16-17(11-15)21-10-9-20-16/h3-4,11-14,18H,5-10H2,1-2H3. The summed E-state index contributed by atoms with van der Waals surface area (Å²) in [6.45, 7) is 7.56. The van der Waals surface area contributed by atoms with Crippen LogP contribution in [0.15, 0.2) is 18.2 Å². The molecule has 2 aliphatic rings. The van der Waals surface area contributed by atoms with E-state index in [4.69, 9.17) is 14.2 Å². The number of fused-ring (bicyclic) bond motifs is 1. The predicted molar refractivity (Wildman–Crippen MR) is 82.0 cm³/mol. The summed E-state index contributed by atoms with van der Waals surface area (Å²) < 4.78 is 16.7. The highest BCUT2D eigenvalue weighted by atomic mass is 16.6. The van der Waals surface area contributed by atoms with E-state index in [9.17, 15) is 0 Å². The molecule has 0 aliphatic carbocycles. The zero-order valence-corrected chi connectivity index (χ0v) is 12.9. The summed E-state index contributed by atoms with van der Waals surface area (Å²) in [7, 11) is 0. The Balaban J connectivity index is 1.63. The fourth-order valence-electron chi connectivity index (χ4n) is 3.17. The summed E-state index contributed by atoms with van der Waals surface area (Å²) in [5.41, 5.74) is 1.25. The quantitative estimate of drug-likeness (QED) is 0.926. The van der Waals surface area contributed by atoms with Gasteiger partial charge in [-0.3, -0.25) is 0 Å². The molecule has 1 N–H and O–H groups in total. The van der Waals surface area contributed by atoms with Crippen molar-refractivity contribution in [2.75, 3.05) is 26.4 Å². The van der Waals surface area contributed by atoms with Gasteiger partial charge in [0.2, 0.25) is 0 Å². The third kappa shape index (κ3) is 3.50. The molecule has 0 bridgehead atoms. The summed E-state index contributed by atoms with van der Waals surface area (Å²) in [4.78, 5) is 0. The highest BCUT2D eigenvalue weighted by Gasteiger charge is 2.22. The predicted octanol–water partition coefficient (Wildman–Crippen LogP) is 2.92. The molecule has 4 heteroatoms. The Hall–Kier alpha value is -1.26. The van der Waals surface area contributed by atoms with E-state index in [-0.39, 0.29) is 0 Å². The Morgan fingerprint density at radius 3 is 2.48 bits per heavy atom. The van der Waals surface area contributed by atoms with Crippen LogP contribution in [0.4, 0.5) is 0 Å². The van der Waals surface area contributed by atoms with E-state index in [0.717, 1.165) is 37.6 Å². The van der Waals surface area contributed by atoms with Gasteiger partial charge in [-0.1, -0.05) is 6.07 Å². The lowest BCUT2D eigenvalue weighted by Crippen LogP contribution is -2.38. The highest BCUT2D eigenvalue weighted by molar-refractivity contribution is 5.44. The molecule has 3 rings (SSSR count). The minimum absolute atomic E-state index is 0.304. The average molecular weight is 291 g/mol. The van der Waals surface area contributed by atoms with Gasteiger partial charge in [0.1, 0.15) is 13.2 Å². The highest BCUT2D eigenvalue weighted by Crippen LogP contribution is 2.33.